The molecule has 0 aliphatic heterocycles. The number of ether oxygens (including phenoxy) is 2. The maximum Gasteiger partial charge on any atom is 1.00 e. The van der Waals surface area contributed by atoms with Gasteiger partial charge in [-0.1, -0.05) is 0 Å². The summed E-state index contributed by atoms with van der Waals surface area (Å²) in [6.07, 6.45) is -0.518. The molecule has 54 heteroatoms. The van der Waals surface area contributed by atoms with Crippen molar-refractivity contribution in [3.8, 4) is 80.1 Å². The molecule has 0 aliphatic carbocycles. The zero-order valence-corrected chi connectivity index (χ0v) is 68.6. The van der Waals surface area contributed by atoms with Crippen LogP contribution < -0.4 is 290 Å². The first-order chi connectivity index (χ1) is 36.9. The molecule has 2 heterocycles. The van der Waals surface area contributed by atoms with Gasteiger partial charge in [-0.05, 0) is 55.7 Å². The van der Waals surface area contributed by atoms with Gasteiger partial charge < -0.3 is 88.2 Å². The molecule has 0 unspecified atom stereocenters. The Morgan fingerprint density at radius 1 is 0.315 bits per heavy atom. The van der Waals surface area contributed by atoms with Crippen molar-refractivity contribution in [2.45, 2.75) is 19.3 Å². The average molecular weight is 1490 g/mol. The Balaban J connectivity index is -0.00000924. The van der Waals surface area contributed by atoms with Gasteiger partial charge in [-0.3, -0.25) is 9.59 Å². The summed E-state index contributed by atoms with van der Waals surface area (Å²) in [6.45, 7) is -1.21. The van der Waals surface area contributed by atoms with Crippen LogP contribution in [0.5, 0.6) is 57.5 Å². The van der Waals surface area contributed by atoms with Crippen molar-refractivity contribution < 1.29 is 392 Å². The van der Waals surface area contributed by atoms with Gasteiger partial charge in [0.15, 0.2) is 34.5 Å². The zero-order valence-electron chi connectivity index (χ0n) is 46.1. The number of hydrogen-bond donors (Lipinski definition) is 0. The summed E-state index contributed by atoms with van der Waals surface area (Å²) in [5.74, 6) is -15.0. The number of unbranched alkanes of at least 4 members (excludes halogenated alkanes) is 2. The molecular formula is C35H20Na8O38S8. The van der Waals surface area contributed by atoms with E-state index in [0.717, 1.165) is 0 Å². The fourth-order valence-electron chi connectivity index (χ4n) is 6.53. The molecule has 0 amide bonds. The molecule has 0 saturated carbocycles. The van der Waals surface area contributed by atoms with Gasteiger partial charge in [0.05, 0.1) is 13.2 Å². The number of hydrogen-bond acceptors (Lipinski definition) is 38. The van der Waals surface area contributed by atoms with Crippen molar-refractivity contribution in [3.05, 3.63) is 81.1 Å². The van der Waals surface area contributed by atoms with Gasteiger partial charge in [0.1, 0.15) is 44.9 Å². The molecular weight excluding hydrogens is 1470 g/mol. The molecule has 0 radical (unpaired) electrons. The summed E-state index contributed by atoms with van der Waals surface area (Å²) in [6, 6.07) is 4.52. The van der Waals surface area contributed by atoms with E-state index in [9.17, 15) is 113 Å². The van der Waals surface area contributed by atoms with E-state index < -0.39 is 209 Å². The van der Waals surface area contributed by atoms with E-state index in [4.69, 9.17) is 18.3 Å². The monoisotopic (exact) mass is 1490 g/mol. The molecule has 0 atom stereocenters. The van der Waals surface area contributed by atoms with E-state index in [-0.39, 0.29) is 268 Å². The van der Waals surface area contributed by atoms with Crippen molar-refractivity contribution in [3.63, 3.8) is 0 Å². The van der Waals surface area contributed by atoms with E-state index in [2.05, 4.69) is 33.5 Å². The molecule has 0 saturated heterocycles. The second kappa shape index (κ2) is 37.0. The van der Waals surface area contributed by atoms with Gasteiger partial charge in [0, 0.05) is 35.4 Å². The van der Waals surface area contributed by atoms with Gasteiger partial charge in [0.25, 0.3) is 83.2 Å². The van der Waals surface area contributed by atoms with E-state index in [1.807, 2.05) is 0 Å². The van der Waals surface area contributed by atoms with E-state index in [1.165, 1.54) is 0 Å². The van der Waals surface area contributed by atoms with Crippen molar-refractivity contribution in [2.75, 3.05) is 13.2 Å². The molecule has 4 aromatic carbocycles. The standard InChI is InChI=1S/C35H28O38S8.8Na/c36-30-28-24(12-18(66-74(38,39)40)14-26(28)64-32(34(30)72-80(56,57)58)16-4-6-20(68-76(44,45)46)22(10-16)70-78(50,51)52)62-8-2-1-3-9-63-25-13-19(67-75(41,42)43)15-27-29(25)31(37)35(73-81(59,60)61)33(65-27)17-5-7-21(69-77(47,48)49)23(11-17)71-79(53,54)55;;;;;;;;/h4-7,10-15H,1-3,8-9H2,(H,38,39,40)(H,41,42,43)(H,44,45,46)(H,47,48,49)(H,50,51,52)(H,53,54,55)(H,56,57,58)(H,59,60,61);;;;;;;;/q;8*+1/p-8. The molecule has 6 rings (SSSR count). The Bertz CT molecular complexity index is 4330. The molecule has 38 nitrogen and oxygen atoms in total. The smallest absolute Gasteiger partial charge is 0.716 e. The number of fused-ring (bicyclic) bond motifs is 2. The molecule has 0 N–H and O–H groups in total. The Morgan fingerprint density at radius 2 is 0.584 bits per heavy atom. The topological polar surface area (TPSA) is 610 Å². The minimum absolute atomic E-state index is 0. The van der Waals surface area contributed by atoms with Crippen LogP contribution in [0.25, 0.3) is 44.6 Å². The Labute approximate surface area is 679 Å². The van der Waals surface area contributed by atoms with Gasteiger partial charge >= 0.3 is 236 Å². The largest absolute Gasteiger partial charge is 1.00 e. The van der Waals surface area contributed by atoms with Crippen LogP contribution in [0, 0.1) is 0 Å². The molecule has 444 valence electrons. The van der Waals surface area contributed by atoms with Crippen LogP contribution in [-0.2, 0) is 83.2 Å². The Morgan fingerprint density at radius 3 is 0.854 bits per heavy atom. The van der Waals surface area contributed by atoms with Crippen LogP contribution >= 0.6 is 0 Å². The van der Waals surface area contributed by atoms with E-state index in [1.54, 1.807) is 0 Å². The average Bonchev–Trinajstić information content (AvgIpc) is 3.25. The maximum atomic E-state index is 14.0. The van der Waals surface area contributed by atoms with Crippen LogP contribution in [0.4, 0.5) is 0 Å². The second-order valence-electron chi connectivity index (χ2n) is 14.8. The summed E-state index contributed by atoms with van der Waals surface area (Å²) in [7, 11) is -46.7. The van der Waals surface area contributed by atoms with Crippen LogP contribution in [0.1, 0.15) is 19.3 Å². The summed E-state index contributed by atoms with van der Waals surface area (Å²) in [5, 5.41) is -1.89. The predicted octanol–water partition coefficient (Wildman–Crippen LogP) is -25.4. The number of rotatable bonds is 26. The molecule has 0 fully saturated rings. The second-order valence-corrected chi connectivity index (χ2v) is 22.6. The SMILES string of the molecule is O=c1c(OS(=O)(=O)[O-])c(-c2ccc(OS(=O)(=O)[O-])c(OS(=O)(=O)[O-])c2)oc2cc(OS(=O)(=O)[O-])cc(OCCCCCOc3cc(OS(=O)(=O)[O-])cc4oc(-c5ccc(OS(=O)(=O)[O-])c(OS(=O)(=O)[O-])c5)c(OS(=O)(=O)[O-])c(=O)c34)c12.[Na+].[Na+].[Na+].[Na+].[Na+].[Na+].[Na+].[Na+]. The normalized spacial score (nSPS) is 11.7. The van der Waals surface area contributed by atoms with Crippen molar-refractivity contribution in [2.24, 2.45) is 0 Å². The minimum Gasteiger partial charge on any atom is -0.716 e. The van der Waals surface area contributed by atoms with Crippen LogP contribution in [0.15, 0.2) is 79.1 Å². The Kier molecular flexibility index (Phi) is 38.9. The fraction of sp³-hybridized carbons (Fsp3) is 0.143. The summed E-state index contributed by atoms with van der Waals surface area (Å²) >= 11 is 0. The zero-order chi connectivity index (χ0) is 60.6. The fourth-order valence-corrected chi connectivity index (χ4v) is 9.32. The van der Waals surface area contributed by atoms with E-state index >= 15 is 0 Å². The quantitative estimate of drug-likeness (QED) is 0.0211. The predicted molar refractivity (Wildman–Crippen MR) is 243 cm³/mol. The first-order valence-corrected chi connectivity index (χ1v) is 30.6. The van der Waals surface area contributed by atoms with Crippen LogP contribution in [-0.4, -0.2) is 117 Å². The first kappa shape index (κ1) is 93.8. The van der Waals surface area contributed by atoms with Gasteiger partial charge in [0.2, 0.25) is 22.4 Å². The van der Waals surface area contributed by atoms with Gasteiger partial charge in [-0.25, -0.2) is 67.3 Å². The van der Waals surface area contributed by atoms with Crippen LogP contribution in [0.3, 0.4) is 0 Å². The first-order valence-electron chi connectivity index (χ1n) is 20.0. The molecule has 2 aromatic heterocycles. The molecule has 6 aromatic rings. The minimum atomic E-state index is -6.03. The van der Waals surface area contributed by atoms with Crippen LogP contribution in [0.2, 0.25) is 0 Å². The van der Waals surface area contributed by atoms with Crippen molar-refractivity contribution >= 4 is 105 Å². The van der Waals surface area contributed by atoms with Gasteiger partial charge in [-0.2, -0.15) is 0 Å². The van der Waals surface area contributed by atoms with Gasteiger partial charge in [-0.15, -0.1) is 0 Å². The third-order valence-electron chi connectivity index (χ3n) is 9.03. The molecule has 0 bridgehead atoms. The summed E-state index contributed by atoms with van der Waals surface area (Å²) in [4.78, 5) is 27.9. The molecule has 0 spiro atoms. The van der Waals surface area contributed by atoms with E-state index in [0.29, 0.717) is 48.5 Å². The molecule has 0 aliphatic rings. The van der Waals surface area contributed by atoms with Crippen molar-refractivity contribution in [1.82, 2.24) is 0 Å². The maximum absolute atomic E-state index is 14.0. The number of benzene rings is 4. The third kappa shape index (κ3) is 30.1. The summed E-state index contributed by atoms with van der Waals surface area (Å²) < 4.78 is 332. The summed E-state index contributed by atoms with van der Waals surface area (Å²) in [5.41, 5.74) is -6.99. The Hall–Kier alpha value is 0.580. The third-order valence-corrected chi connectivity index (χ3v) is 12.1. The molecule has 89 heavy (non-hydrogen) atoms. The van der Waals surface area contributed by atoms with Crippen molar-refractivity contribution in [1.29, 1.82) is 0 Å².